The van der Waals surface area contributed by atoms with Gasteiger partial charge in [-0.05, 0) is 58.9 Å². The molecule has 0 radical (unpaired) electrons. The molecule has 0 aliphatic carbocycles. The molecular weight excluding hydrogens is 464 g/mol. The lowest BCUT2D eigenvalue weighted by Crippen LogP contribution is -2.26. The number of nitrogens with zero attached hydrogens (tertiary/aromatic N) is 7. The van der Waals surface area contributed by atoms with Crippen LogP contribution in [0.4, 0.5) is 0 Å². The second-order valence-corrected chi connectivity index (χ2v) is 9.33. The minimum absolute atomic E-state index is 0.0208. The average molecular weight is 497 g/mol. The maximum atomic E-state index is 13.9. The quantitative estimate of drug-likeness (QED) is 0.306. The van der Waals surface area contributed by atoms with Crippen LogP contribution >= 0.6 is 0 Å². The Kier molecular flexibility index (Phi) is 7.11. The highest BCUT2D eigenvalue weighted by atomic mass is 16.1. The maximum Gasteiger partial charge on any atom is 0.334 e. The third kappa shape index (κ3) is 4.89. The van der Waals surface area contributed by atoms with Gasteiger partial charge in [0.1, 0.15) is 5.82 Å². The summed E-state index contributed by atoms with van der Waals surface area (Å²) in [6.45, 7) is 4.79. The Bertz CT molecular complexity index is 1520. The number of hydrogen-bond donors (Lipinski definition) is 1. The van der Waals surface area contributed by atoms with Gasteiger partial charge in [0.05, 0.1) is 6.54 Å². The van der Waals surface area contributed by atoms with E-state index in [2.05, 4.69) is 45.5 Å². The van der Waals surface area contributed by atoms with E-state index < -0.39 is 0 Å². The van der Waals surface area contributed by atoms with E-state index in [-0.39, 0.29) is 5.69 Å². The number of aromatic nitrogens is 8. The molecule has 0 unspecified atom stereocenters. The Labute approximate surface area is 215 Å². The van der Waals surface area contributed by atoms with Gasteiger partial charge in [-0.15, -0.1) is 10.2 Å². The number of hydrogen-bond acceptors (Lipinski definition) is 5. The third-order valence-corrected chi connectivity index (χ3v) is 6.75. The molecule has 37 heavy (non-hydrogen) atoms. The fourth-order valence-corrected chi connectivity index (χ4v) is 4.86. The number of imidazole rings is 1. The topological polar surface area (TPSA) is 99.2 Å². The Morgan fingerprint density at radius 1 is 0.946 bits per heavy atom. The molecule has 190 valence electrons. The summed E-state index contributed by atoms with van der Waals surface area (Å²) in [5.74, 6) is 1.50. The third-order valence-electron chi connectivity index (χ3n) is 6.75. The summed E-state index contributed by atoms with van der Waals surface area (Å²) in [4.78, 5) is 18.3. The number of nitrogens with one attached hydrogen (secondary N) is 1. The summed E-state index contributed by atoms with van der Waals surface area (Å²) in [6.07, 6.45) is 12.6. The zero-order valence-corrected chi connectivity index (χ0v) is 21.6. The molecule has 1 N–H and O–H groups in total. The molecule has 0 bridgehead atoms. The number of tetrazole rings is 1. The summed E-state index contributed by atoms with van der Waals surface area (Å²) in [5.41, 5.74) is 6.17. The molecule has 9 nitrogen and oxygen atoms in total. The van der Waals surface area contributed by atoms with Gasteiger partial charge < -0.3 is 4.57 Å². The van der Waals surface area contributed by atoms with Gasteiger partial charge in [0, 0.05) is 43.1 Å². The van der Waals surface area contributed by atoms with E-state index in [0.717, 1.165) is 65.9 Å². The number of H-pyrrole nitrogens is 1. The number of rotatable bonds is 10. The van der Waals surface area contributed by atoms with Crippen molar-refractivity contribution in [1.82, 2.24) is 39.3 Å². The van der Waals surface area contributed by atoms with Crippen molar-refractivity contribution in [1.29, 1.82) is 0 Å². The van der Waals surface area contributed by atoms with Crippen LogP contribution in [0.2, 0.25) is 0 Å². The molecule has 0 aliphatic rings. The molecule has 0 saturated heterocycles. The average Bonchev–Trinajstić information content (AvgIpc) is 3.65. The second kappa shape index (κ2) is 10.8. The van der Waals surface area contributed by atoms with E-state index in [1.165, 1.54) is 5.56 Å². The molecule has 0 aliphatic heterocycles. The van der Waals surface area contributed by atoms with Gasteiger partial charge in [-0.3, -0.25) is 14.1 Å². The first-order chi connectivity index (χ1) is 18.1. The predicted octanol–water partition coefficient (Wildman–Crippen LogP) is 4.56. The maximum absolute atomic E-state index is 13.9. The minimum atomic E-state index is -0.0208. The molecule has 0 amide bonds. The van der Waals surface area contributed by atoms with Crippen LogP contribution in [-0.4, -0.2) is 39.3 Å². The Hall–Kier alpha value is -4.27. The molecule has 4 aromatic heterocycles. The Balaban J connectivity index is 1.54. The van der Waals surface area contributed by atoms with Crippen molar-refractivity contribution in [3.05, 3.63) is 88.5 Å². The lowest BCUT2D eigenvalue weighted by molar-refractivity contribution is 0.669. The van der Waals surface area contributed by atoms with Crippen molar-refractivity contribution >= 4 is 0 Å². The van der Waals surface area contributed by atoms with Gasteiger partial charge in [-0.1, -0.05) is 51.0 Å². The van der Waals surface area contributed by atoms with Crippen molar-refractivity contribution in [3.8, 4) is 28.3 Å². The molecule has 0 saturated carbocycles. The number of unbranched alkanes of at least 4 members (excludes halogenated alkanes) is 1. The number of benzene rings is 1. The SMILES string of the molecule is CCCCc1cn(-c2c(CCC)ccn2C)c(=O)n1Cc1cnccc1-c1ccc(-c2nn[nH]n2)cc1. The molecule has 0 fully saturated rings. The van der Waals surface area contributed by atoms with Crippen LogP contribution in [0.3, 0.4) is 0 Å². The van der Waals surface area contributed by atoms with E-state index in [9.17, 15) is 4.79 Å². The lowest BCUT2D eigenvalue weighted by Gasteiger charge is -2.12. The van der Waals surface area contributed by atoms with Gasteiger partial charge in [0.15, 0.2) is 0 Å². The van der Waals surface area contributed by atoms with Crippen molar-refractivity contribution in [3.63, 3.8) is 0 Å². The van der Waals surface area contributed by atoms with Crippen molar-refractivity contribution in [2.75, 3.05) is 0 Å². The van der Waals surface area contributed by atoms with Crippen LogP contribution in [0, 0.1) is 0 Å². The number of aromatic amines is 1. The van der Waals surface area contributed by atoms with Gasteiger partial charge in [-0.2, -0.15) is 5.21 Å². The Morgan fingerprint density at radius 3 is 2.49 bits per heavy atom. The smallest absolute Gasteiger partial charge is 0.334 e. The van der Waals surface area contributed by atoms with Crippen LogP contribution in [-0.2, 0) is 26.4 Å². The molecule has 1 aromatic carbocycles. The van der Waals surface area contributed by atoms with Gasteiger partial charge in [0.25, 0.3) is 0 Å². The van der Waals surface area contributed by atoms with Crippen LogP contribution < -0.4 is 5.69 Å². The summed E-state index contributed by atoms with van der Waals surface area (Å²) in [7, 11) is 2.00. The van der Waals surface area contributed by atoms with E-state index in [1.54, 1.807) is 6.20 Å². The monoisotopic (exact) mass is 496 g/mol. The van der Waals surface area contributed by atoms with Crippen LogP contribution in [0.5, 0.6) is 0 Å². The van der Waals surface area contributed by atoms with E-state index >= 15 is 0 Å². The number of pyridine rings is 1. The van der Waals surface area contributed by atoms with E-state index in [1.807, 2.05) is 69.7 Å². The number of aryl methyl sites for hydroxylation is 3. The molecule has 0 atom stereocenters. The summed E-state index contributed by atoms with van der Waals surface area (Å²) >= 11 is 0. The highest BCUT2D eigenvalue weighted by Crippen LogP contribution is 2.27. The fraction of sp³-hybridized carbons (Fsp3) is 0.321. The van der Waals surface area contributed by atoms with Crippen LogP contribution in [0.1, 0.15) is 49.9 Å². The first kappa shape index (κ1) is 24.4. The summed E-state index contributed by atoms with van der Waals surface area (Å²) in [5, 5.41) is 14.2. The van der Waals surface area contributed by atoms with Gasteiger partial charge in [-0.25, -0.2) is 4.79 Å². The molecule has 0 spiro atoms. The van der Waals surface area contributed by atoms with Gasteiger partial charge >= 0.3 is 5.69 Å². The molecule has 4 heterocycles. The summed E-state index contributed by atoms with van der Waals surface area (Å²) in [6, 6.07) is 12.2. The van der Waals surface area contributed by atoms with Crippen LogP contribution in [0.15, 0.2) is 66.0 Å². The van der Waals surface area contributed by atoms with Crippen molar-refractivity contribution in [2.45, 2.75) is 52.5 Å². The van der Waals surface area contributed by atoms with Crippen molar-refractivity contribution in [2.24, 2.45) is 7.05 Å². The van der Waals surface area contributed by atoms with Crippen LogP contribution in [0.25, 0.3) is 28.3 Å². The van der Waals surface area contributed by atoms with Crippen molar-refractivity contribution < 1.29 is 0 Å². The normalized spacial score (nSPS) is 11.3. The zero-order chi connectivity index (χ0) is 25.8. The Morgan fingerprint density at radius 2 is 1.76 bits per heavy atom. The van der Waals surface area contributed by atoms with E-state index in [0.29, 0.717) is 12.4 Å². The summed E-state index contributed by atoms with van der Waals surface area (Å²) < 4.78 is 5.78. The van der Waals surface area contributed by atoms with Gasteiger partial charge in [0.2, 0.25) is 5.82 Å². The highest BCUT2D eigenvalue weighted by molar-refractivity contribution is 5.70. The predicted molar refractivity (Wildman–Crippen MR) is 144 cm³/mol. The highest BCUT2D eigenvalue weighted by Gasteiger charge is 2.18. The molecule has 5 rings (SSSR count). The van der Waals surface area contributed by atoms with E-state index in [4.69, 9.17) is 0 Å². The molecule has 9 heteroatoms. The first-order valence-corrected chi connectivity index (χ1v) is 12.8. The zero-order valence-electron chi connectivity index (χ0n) is 21.6. The minimum Gasteiger partial charge on any atom is -0.337 e. The second-order valence-electron chi connectivity index (χ2n) is 9.33. The molecule has 5 aromatic rings. The largest absolute Gasteiger partial charge is 0.337 e. The lowest BCUT2D eigenvalue weighted by atomic mass is 10.00. The first-order valence-electron chi connectivity index (χ1n) is 12.8. The standard InChI is InChI=1S/C28H32N8O/c1-4-6-8-24-19-36(27-22(7-5-2)14-16-34(27)3)28(37)35(24)18-23-17-29-15-13-25(23)20-9-11-21(12-10-20)26-30-32-33-31-26/h9-17,19H,4-8,18H2,1-3H3,(H,30,31,32,33). The molecular formula is C28H32N8O. The fourth-order valence-electron chi connectivity index (χ4n) is 4.86.